The van der Waals surface area contributed by atoms with E-state index < -0.39 is 5.60 Å². The molecule has 1 aromatic carbocycles. The van der Waals surface area contributed by atoms with Crippen LogP contribution in [0.15, 0.2) is 36.8 Å². The average molecular weight is 434 g/mol. The number of nitrogens with zero attached hydrogens (tertiary/aromatic N) is 4. The van der Waals surface area contributed by atoms with Crippen molar-refractivity contribution < 1.29 is 19.4 Å². The van der Waals surface area contributed by atoms with Crippen LogP contribution in [0, 0.1) is 6.92 Å². The number of hydrogen-bond donors (Lipinski definition) is 1. The molecule has 0 aliphatic rings. The average Bonchev–Trinajstić information content (AvgIpc) is 3.27. The van der Waals surface area contributed by atoms with E-state index in [1.54, 1.807) is 27.5 Å². The van der Waals surface area contributed by atoms with Crippen LogP contribution in [0.25, 0.3) is 27.7 Å². The van der Waals surface area contributed by atoms with E-state index in [0.29, 0.717) is 16.9 Å². The first kappa shape index (κ1) is 21.7. The molecule has 3 aromatic heterocycles. The van der Waals surface area contributed by atoms with Gasteiger partial charge in [-0.15, -0.1) is 0 Å². The normalized spacial score (nSPS) is 11.9. The summed E-state index contributed by atoms with van der Waals surface area (Å²) in [6.07, 6.45) is 5.30. The number of hydrogen-bond acceptors (Lipinski definition) is 6. The zero-order valence-corrected chi connectivity index (χ0v) is 18.8. The number of carbonyl (C=O) groups is 2. The number of aromatic nitrogens is 4. The maximum Gasteiger partial charge on any atom is 0.326 e. The van der Waals surface area contributed by atoms with Gasteiger partial charge in [0.05, 0.1) is 17.8 Å². The molecule has 0 unspecified atom stereocenters. The molecule has 1 N–H and O–H groups in total. The topological polar surface area (TPSA) is 98.7 Å². The highest BCUT2D eigenvalue weighted by atomic mass is 16.6. The molecule has 166 valence electrons. The van der Waals surface area contributed by atoms with Crippen molar-refractivity contribution in [2.75, 3.05) is 0 Å². The van der Waals surface area contributed by atoms with E-state index in [0.717, 1.165) is 27.6 Å². The van der Waals surface area contributed by atoms with E-state index in [2.05, 4.69) is 10.1 Å². The van der Waals surface area contributed by atoms with Gasteiger partial charge >= 0.3 is 5.97 Å². The van der Waals surface area contributed by atoms with Crippen molar-refractivity contribution in [2.24, 2.45) is 0 Å². The summed E-state index contributed by atoms with van der Waals surface area (Å²) in [4.78, 5) is 29.2. The van der Waals surface area contributed by atoms with Crippen molar-refractivity contribution in [1.29, 1.82) is 0 Å². The largest absolute Gasteiger partial charge is 0.459 e. The molecule has 0 saturated heterocycles. The number of aliphatic hydroxyl groups is 1. The van der Waals surface area contributed by atoms with Gasteiger partial charge in [0.1, 0.15) is 12.1 Å². The summed E-state index contributed by atoms with van der Waals surface area (Å²) in [5.41, 5.74) is 4.59. The Morgan fingerprint density at radius 2 is 1.88 bits per heavy atom. The minimum atomic E-state index is -0.584. The number of rotatable bonds is 5. The quantitative estimate of drug-likeness (QED) is 0.380. The van der Waals surface area contributed by atoms with Gasteiger partial charge in [-0.3, -0.25) is 9.59 Å². The van der Waals surface area contributed by atoms with Crippen LogP contribution in [0.2, 0.25) is 0 Å². The molecule has 0 saturated carbocycles. The Kier molecular flexibility index (Phi) is 5.34. The van der Waals surface area contributed by atoms with Crippen LogP contribution in [0.3, 0.4) is 0 Å². The van der Waals surface area contributed by atoms with Crippen LogP contribution in [-0.4, -0.2) is 41.6 Å². The maximum absolute atomic E-state index is 12.4. The number of Topliss-reactive ketones (excluding diaryl/α,β-unsaturated/α-hetero) is 1. The van der Waals surface area contributed by atoms with Crippen molar-refractivity contribution in [3.63, 3.8) is 0 Å². The lowest BCUT2D eigenvalue weighted by molar-refractivity contribution is -0.155. The Labute approximate surface area is 185 Å². The van der Waals surface area contributed by atoms with Gasteiger partial charge in [-0.1, -0.05) is 0 Å². The molecule has 0 aliphatic carbocycles. The van der Waals surface area contributed by atoms with Gasteiger partial charge in [-0.2, -0.15) is 5.10 Å². The standard InChI is InChI=1S/C24H26N4O4/c1-14-6-16(17-9-25-21-8-18(13-29)26-28(21)10-17)7-19-20(15(2)30)11-27(23(14)19)12-22(31)32-24(3,4)5/h6-11,29H,12-13H2,1-5H3. The van der Waals surface area contributed by atoms with Gasteiger partial charge in [-0.05, 0) is 57.9 Å². The Balaban J connectivity index is 1.81. The van der Waals surface area contributed by atoms with Gasteiger partial charge in [0, 0.05) is 41.2 Å². The van der Waals surface area contributed by atoms with Gasteiger partial charge in [0.2, 0.25) is 0 Å². The predicted octanol–water partition coefficient (Wildman–Crippen LogP) is 3.70. The highest BCUT2D eigenvalue weighted by Crippen LogP contribution is 2.31. The molecule has 4 aromatic rings. The third kappa shape index (κ3) is 4.13. The van der Waals surface area contributed by atoms with E-state index in [4.69, 9.17) is 4.74 Å². The molecule has 3 heterocycles. The lowest BCUT2D eigenvalue weighted by Gasteiger charge is -2.20. The molecule has 8 heteroatoms. The van der Waals surface area contributed by atoms with E-state index >= 15 is 0 Å². The SMILES string of the molecule is CC(=O)c1cn(CC(=O)OC(C)(C)C)c2c(C)cc(-c3cnc4cc(CO)nn4c3)cc12. The summed E-state index contributed by atoms with van der Waals surface area (Å²) in [5, 5.41) is 14.4. The third-order valence-electron chi connectivity index (χ3n) is 5.12. The number of benzene rings is 1. The van der Waals surface area contributed by atoms with Crippen molar-refractivity contribution in [1.82, 2.24) is 19.2 Å². The van der Waals surface area contributed by atoms with E-state index in [1.807, 2.05) is 46.0 Å². The fourth-order valence-corrected chi connectivity index (χ4v) is 3.89. The van der Waals surface area contributed by atoms with E-state index in [9.17, 15) is 14.7 Å². The number of ketones is 1. The first-order valence-corrected chi connectivity index (χ1v) is 10.4. The number of fused-ring (bicyclic) bond motifs is 2. The lowest BCUT2D eigenvalue weighted by Crippen LogP contribution is -2.26. The first-order valence-electron chi connectivity index (χ1n) is 10.4. The predicted molar refractivity (Wildman–Crippen MR) is 120 cm³/mol. The van der Waals surface area contributed by atoms with E-state index in [1.165, 1.54) is 6.92 Å². The summed E-state index contributed by atoms with van der Waals surface area (Å²) >= 11 is 0. The van der Waals surface area contributed by atoms with Crippen LogP contribution in [-0.2, 0) is 22.7 Å². The van der Waals surface area contributed by atoms with Gasteiger partial charge in [0.25, 0.3) is 0 Å². The van der Waals surface area contributed by atoms with Crippen LogP contribution in [0.5, 0.6) is 0 Å². The van der Waals surface area contributed by atoms with Crippen LogP contribution >= 0.6 is 0 Å². The highest BCUT2D eigenvalue weighted by Gasteiger charge is 2.21. The van der Waals surface area contributed by atoms with Crippen LogP contribution in [0.4, 0.5) is 0 Å². The molecule has 0 atom stereocenters. The Morgan fingerprint density at radius 1 is 1.12 bits per heavy atom. The zero-order valence-electron chi connectivity index (χ0n) is 18.8. The molecular weight excluding hydrogens is 408 g/mol. The highest BCUT2D eigenvalue weighted by molar-refractivity contribution is 6.08. The zero-order chi connectivity index (χ0) is 23.2. The van der Waals surface area contributed by atoms with Crippen molar-refractivity contribution in [2.45, 2.75) is 53.4 Å². The number of carbonyl (C=O) groups excluding carboxylic acids is 2. The van der Waals surface area contributed by atoms with Crippen molar-refractivity contribution >= 4 is 28.3 Å². The fourth-order valence-electron chi connectivity index (χ4n) is 3.89. The van der Waals surface area contributed by atoms with Crippen LogP contribution < -0.4 is 0 Å². The van der Waals surface area contributed by atoms with Crippen molar-refractivity contribution in [3.05, 3.63) is 53.6 Å². The maximum atomic E-state index is 12.4. The first-order chi connectivity index (χ1) is 15.1. The smallest absolute Gasteiger partial charge is 0.326 e. The summed E-state index contributed by atoms with van der Waals surface area (Å²) in [7, 11) is 0. The molecule has 0 bridgehead atoms. The Hall–Kier alpha value is -3.52. The number of aliphatic hydroxyl groups excluding tert-OH is 1. The molecule has 0 fully saturated rings. The van der Waals surface area contributed by atoms with Crippen molar-refractivity contribution in [3.8, 4) is 11.1 Å². The third-order valence-corrected chi connectivity index (χ3v) is 5.12. The summed E-state index contributed by atoms with van der Waals surface area (Å²) in [5.74, 6) is -0.441. The minimum Gasteiger partial charge on any atom is -0.459 e. The Morgan fingerprint density at radius 3 is 2.53 bits per heavy atom. The monoisotopic (exact) mass is 434 g/mol. The second-order valence-corrected chi connectivity index (χ2v) is 8.94. The second-order valence-electron chi connectivity index (χ2n) is 8.94. The van der Waals surface area contributed by atoms with Gasteiger partial charge in [0.15, 0.2) is 11.4 Å². The number of aryl methyl sites for hydroxylation is 1. The molecule has 0 radical (unpaired) electrons. The Bertz CT molecular complexity index is 1360. The molecule has 32 heavy (non-hydrogen) atoms. The number of ether oxygens (including phenoxy) is 1. The summed E-state index contributed by atoms with van der Waals surface area (Å²) in [6, 6.07) is 5.66. The second kappa shape index (κ2) is 7.87. The molecule has 4 rings (SSSR count). The summed E-state index contributed by atoms with van der Waals surface area (Å²) in [6.45, 7) is 8.80. The minimum absolute atomic E-state index is 0.0198. The van der Waals surface area contributed by atoms with Gasteiger partial charge in [-0.25, -0.2) is 9.50 Å². The van der Waals surface area contributed by atoms with Crippen LogP contribution in [0.1, 0.15) is 49.3 Å². The summed E-state index contributed by atoms with van der Waals surface area (Å²) < 4.78 is 8.87. The van der Waals surface area contributed by atoms with E-state index in [-0.39, 0.29) is 24.9 Å². The molecule has 0 spiro atoms. The number of esters is 1. The molecule has 0 aliphatic heterocycles. The molecule has 0 amide bonds. The molecular formula is C24H26N4O4. The molecule has 8 nitrogen and oxygen atoms in total. The van der Waals surface area contributed by atoms with Gasteiger partial charge < -0.3 is 14.4 Å². The lowest BCUT2D eigenvalue weighted by atomic mass is 10.0. The fraction of sp³-hybridized carbons (Fsp3) is 0.333.